The van der Waals surface area contributed by atoms with Crippen LogP contribution in [0.3, 0.4) is 0 Å². The van der Waals surface area contributed by atoms with E-state index in [4.69, 9.17) is 14.2 Å². The molecule has 0 aliphatic carbocycles. The number of rotatable bonds is 7. The van der Waals surface area contributed by atoms with Gasteiger partial charge in [-0.25, -0.2) is 14.3 Å². The van der Waals surface area contributed by atoms with Crippen LogP contribution in [0.15, 0.2) is 30.5 Å². The first-order chi connectivity index (χ1) is 16.4. The van der Waals surface area contributed by atoms with E-state index in [9.17, 15) is 27.6 Å². The van der Waals surface area contributed by atoms with Crippen molar-refractivity contribution < 1.29 is 41.8 Å². The second-order valence-electron chi connectivity index (χ2n) is 7.57. The molecule has 0 radical (unpaired) electrons. The van der Waals surface area contributed by atoms with Gasteiger partial charge in [0.1, 0.15) is 0 Å². The maximum absolute atomic E-state index is 13.1. The highest BCUT2D eigenvalue weighted by Crippen LogP contribution is 2.31. The lowest BCUT2D eigenvalue weighted by atomic mass is 10.1. The number of esters is 2. The number of H-pyrrole nitrogens is 1. The number of benzene rings is 1. The van der Waals surface area contributed by atoms with Gasteiger partial charge in [0.15, 0.2) is 11.9 Å². The van der Waals surface area contributed by atoms with Crippen molar-refractivity contribution in [1.82, 2.24) is 14.8 Å². The van der Waals surface area contributed by atoms with Gasteiger partial charge in [-0.15, -0.1) is 0 Å². The van der Waals surface area contributed by atoms with E-state index in [1.165, 1.54) is 39.5 Å². The van der Waals surface area contributed by atoms with Crippen LogP contribution < -0.4 is 4.74 Å². The number of carbonyl (C=O) groups is 3. The molecule has 3 rings (SSSR count). The van der Waals surface area contributed by atoms with E-state index in [2.05, 4.69) is 10.1 Å². The molecule has 35 heavy (non-hydrogen) atoms. The van der Waals surface area contributed by atoms with Gasteiger partial charge in [-0.2, -0.15) is 18.3 Å². The summed E-state index contributed by atoms with van der Waals surface area (Å²) in [5.74, 6) is -2.32. The average molecular weight is 493 g/mol. The standard InChI is InChI=1S/C23H22F3N3O6/c1-11-17(21(31)34-5)12(2)27-18(11)20(30)13(3)35-22(32)19-16(33-4)10-29(28-19)15-8-6-7-14(9-15)23(24,25)26/h6-10,13,27H,1-5H3. The van der Waals surface area contributed by atoms with Gasteiger partial charge in [-0.3, -0.25) is 4.79 Å². The van der Waals surface area contributed by atoms with E-state index in [0.717, 1.165) is 16.8 Å². The lowest BCUT2D eigenvalue weighted by molar-refractivity contribution is -0.137. The summed E-state index contributed by atoms with van der Waals surface area (Å²) < 4.78 is 55.3. The number of nitrogens with one attached hydrogen (secondary N) is 1. The number of Topliss-reactive ketones (excluding diaryl/α,β-unsaturated/α-hetero) is 1. The van der Waals surface area contributed by atoms with Gasteiger partial charge in [0.25, 0.3) is 0 Å². The largest absolute Gasteiger partial charge is 0.493 e. The van der Waals surface area contributed by atoms with Crippen LogP contribution in [-0.2, 0) is 15.7 Å². The maximum Gasteiger partial charge on any atom is 0.416 e. The number of aromatic nitrogens is 3. The van der Waals surface area contributed by atoms with Crippen molar-refractivity contribution in [3.8, 4) is 11.4 Å². The van der Waals surface area contributed by atoms with Crippen molar-refractivity contribution in [3.05, 3.63) is 64.2 Å². The number of ketones is 1. The van der Waals surface area contributed by atoms with Gasteiger partial charge < -0.3 is 19.2 Å². The van der Waals surface area contributed by atoms with Crippen LogP contribution in [0, 0.1) is 13.8 Å². The molecule has 0 saturated heterocycles. The molecule has 1 unspecified atom stereocenters. The van der Waals surface area contributed by atoms with Crippen molar-refractivity contribution in [2.75, 3.05) is 14.2 Å². The molecule has 9 nitrogen and oxygen atoms in total. The minimum atomic E-state index is -4.56. The summed E-state index contributed by atoms with van der Waals surface area (Å²) in [4.78, 5) is 40.4. The highest BCUT2D eigenvalue weighted by Gasteiger charge is 2.32. The molecule has 1 aromatic carbocycles. The van der Waals surface area contributed by atoms with E-state index >= 15 is 0 Å². The Hall–Kier alpha value is -4.09. The van der Waals surface area contributed by atoms with E-state index < -0.39 is 35.6 Å². The molecule has 1 N–H and O–H groups in total. The third-order valence-corrected chi connectivity index (χ3v) is 5.26. The third kappa shape index (κ3) is 5.05. The van der Waals surface area contributed by atoms with Crippen LogP contribution in [0.25, 0.3) is 5.69 Å². The van der Waals surface area contributed by atoms with Gasteiger partial charge in [-0.1, -0.05) is 6.07 Å². The fraction of sp³-hybridized carbons (Fsp3) is 0.304. The van der Waals surface area contributed by atoms with E-state index in [0.29, 0.717) is 11.3 Å². The predicted molar refractivity (Wildman–Crippen MR) is 116 cm³/mol. The van der Waals surface area contributed by atoms with Crippen molar-refractivity contribution >= 4 is 17.7 Å². The summed E-state index contributed by atoms with van der Waals surface area (Å²) in [5, 5.41) is 4.00. The van der Waals surface area contributed by atoms with Gasteiger partial charge in [0, 0.05) is 5.69 Å². The minimum Gasteiger partial charge on any atom is -0.493 e. The molecule has 0 aliphatic rings. The zero-order valence-corrected chi connectivity index (χ0v) is 19.4. The first kappa shape index (κ1) is 25.5. The number of hydrogen-bond donors (Lipinski definition) is 1. The van der Waals surface area contributed by atoms with Gasteiger partial charge in [0.2, 0.25) is 11.5 Å². The monoisotopic (exact) mass is 493 g/mol. The number of alkyl halides is 3. The summed E-state index contributed by atoms with van der Waals surface area (Å²) in [7, 11) is 2.46. The second-order valence-corrected chi connectivity index (χ2v) is 7.57. The molecule has 0 amide bonds. The van der Waals surface area contributed by atoms with Crippen LogP contribution in [0.5, 0.6) is 5.75 Å². The molecule has 0 spiro atoms. The van der Waals surface area contributed by atoms with E-state index in [1.54, 1.807) is 13.8 Å². The SMILES string of the molecule is COC(=O)c1c(C)[nH]c(C(=O)C(C)OC(=O)c2nn(-c3cccc(C(F)(F)F)c3)cc2OC)c1C. The summed E-state index contributed by atoms with van der Waals surface area (Å²) in [5.41, 5.74) is -0.156. The molecule has 0 bridgehead atoms. The predicted octanol–water partition coefficient (Wildman–Crippen LogP) is 4.06. The number of aromatic amines is 1. The Kier molecular flexibility index (Phi) is 7.04. The van der Waals surface area contributed by atoms with Crippen molar-refractivity contribution in [1.29, 1.82) is 0 Å². The second kappa shape index (κ2) is 9.65. The molecular formula is C23H22F3N3O6. The molecule has 0 aliphatic heterocycles. The maximum atomic E-state index is 13.1. The highest BCUT2D eigenvalue weighted by molar-refractivity contribution is 6.04. The van der Waals surface area contributed by atoms with Crippen LogP contribution in [0.2, 0.25) is 0 Å². The Morgan fingerprint density at radius 1 is 1.11 bits per heavy atom. The number of methoxy groups -OCH3 is 2. The molecule has 186 valence electrons. The van der Waals surface area contributed by atoms with Crippen molar-refractivity contribution in [2.24, 2.45) is 0 Å². The number of carbonyl (C=O) groups excluding carboxylic acids is 3. The topological polar surface area (TPSA) is 113 Å². The number of halogens is 3. The summed E-state index contributed by atoms with van der Waals surface area (Å²) in [6.07, 6.45) is -4.62. The Bertz CT molecular complexity index is 1290. The quantitative estimate of drug-likeness (QED) is 0.390. The van der Waals surface area contributed by atoms with Crippen LogP contribution >= 0.6 is 0 Å². The van der Waals surface area contributed by atoms with Gasteiger partial charge >= 0.3 is 18.1 Å². The molecule has 2 aromatic heterocycles. The highest BCUT2D eigenvalue weighted by atomic mass is 19.4. The molecule has 1 atom stereocenters. The zero-order chi connectivity index (χ0) is 26.1. The number of aryl methyl sites for hydroxylation is 1. The first-order valence-corrected chi connectivity index (χ1v) is 10.2. The Morgan fingerprint density at radius 3 is 2.40 bits per heavy atom. The van der Waals surface area contributed by atoms with Crippen LogP contribution in [0.4, 0.5) is 13.2 Å². The number of ether oxygens (including phenoxy) is 3. The van der Waals surface area contributed by atoms with E-state index in [-0.39, 0.29) is 28.4 Å². The molecular weight excluding hydrogens is 471 g/mol. The van der Waals surface area contributed by atoms with Gasteiger partial charge in [0.05, 0.1) is 42.9 Å². The van der Waals surface area contributed by atoms with E-state index in [1.807, 2.05) is 0 Å². The smallest absolute Gasteiger partial charge is 0.416 e. The molecule has 3 aromatic rings. The third-order valence-electron chi connectivity index (χ3n) is 5.26. The normalized spacial score (nSPS) is 12.2. The Balaban J connectivity index is 1.85. The van der Waals surface area contributed by atoms with Crippen molar-refractivity contribution in [3.63, 3.8) is 0 Å². The fourth-order valence-corrected chi connectivity index (χ4v) is 3.48. The Labute approximate surface area is 197 Å². The molecule has 0 fully saturated rings. The van der Waals surface area contributed by atoms with Crippen LogP contribution in [-0.4, -0.2) is 52.8 Å². The fourth-order valence-electron chi connectivity index (χ4n) is 3.48. The van der Waals surface area contributed by atoms with Crippen molar-refractivity contribution in [2.45, 2.75) is 33.1 Å². The van der Waals surface area contributed by atoms with Crippen LogP contribution in [0.1, 0.15) is 55.1 Å². The van der Waals surface area contributed by atoms with Gasteiger partial charge in [-0.05, 0) is 44.5 Å². The first-order valence-electron chi connectivity index (χ1n) is 10.2. The number of hydrogen-bond acceptors (Lipinski definition) is 7. The molecule has 12 heteroatoms. The lowest BCUT2D eigenvalue weighted by Gasteiger charge is -2.12. The molecule has 0 saturated carbocycles. The Morgan fingerprint density at radius 2 is 1.80 bits per heavy atom. The number of nitrogens with zero attached hydrogens (tertiary/aromatic N) is 2. The average Bonchev–Trinajstić information content (AvgIpc) is 3.38. The molecule has 2 heterocycles. The minimum absolute atomic E-state index is 0.0362. The summed E-state index contributed by atoms with van der Waals surface area (Å²) in [6.45, 7) is 4.49. The summed E-state index contributed by atoms with van der Waals surface area (Å²) >= 11 is 0. The lowest BCUT2D eigenvalue weighted by Crippen LogP contribution is -2.26. The summed E-state index contributed by atoms with van der Waals surface area (Å²) in [6, 6.07) is 4.35. The zero-order valence-electron chi connectivity index (χ0n) is 19.4.